The Balaban J connectivity index is 1.65. The molecule has 146 valence electrons. The van der Waals surface area contributed by atoms with Gasteiger partial charge in [0.2, 0.25) is 0 Å². The van der Waals surface area contributed by atoms with E-state index in [4.69, 9.17) is 16.0 Å². The van der Waals surface area contributed by atoms with E-state index in [0.29, 0.717) is 53.2 Å². The minimum Gasteiger partial charge on any atom is -0.422 e. The zero-order chi connectivity index (χ0) is 19.8. The molecule has 6 nitrogen and oxygen atoms in total. The van der Waals surface area contributed by atoms with Gasteiger partial charge in [-0.25, -0.2) is 9.78 Å². The molecule has 0 amide bonds. The second kappa shape index (κ2) is 7.81. The van der Waals surface area contributed by atoms with Gasteiger partial charge in [-0.3, -0.25) is 9.69 Å². The number of halogens is 2. The van der Waals surface area contributed by atoms with Crippen molar-refractivity contribution in [1.29, 1.82) is 0 Å². The van der Waals surface area contributed by atoms with Crippen molar-refractivity contribution in [2.75, 3.05) is 6.54 Å². The quantitative estimate of drug-likeness (QED) is 0.594. The zero-order valence-corrected chi connectivity index (χ0v) is 17.7. The lowest BCUT2D eigenvalue weighted by molar-refractivity contribution is 0.238. The van der Waals surface area contributed by atoms with Crippen LogP contribution in [-0.2, 0) is 25.9 Å². The number of hydrogen-bond donors (Lipinski definition) is 1. The number of aryl methyl sites for hydroxylation is 1. The molecule has 3 heterocycles. The van der Waals surface area contributed by atoms with E-state index < -0.39 is 5.63 Å². The molecule has 3 aromatic rings. The van der Waals surface area contributed by atoms with Gasteiger partial charge in [-0.15, -0.1) is 0 Å². The van der Waals surface area contributed by atoms with E-state index in [1.54, 1.807) is 12.1 Å². The third kappa shape index (κ3) is 3.66. The first kappa shape index (κ1) is 19.4. The third-order valence-corrected chi connectivity index (χ3v) is 5.88. The van der Waals surface area contributed by atoms with Crippen molar-refractivity contribution in [3.05, 3.63) is 71.1 Å². The van der Waals surface area contributed by atoms with Gasteiger partial charge < -0.3 is 9.40 Å². The summed E-state index contributed by atoms with van der Waals surface area (Å²) in [5.74, 6) is 0.739. The molecular weight excluding hydrogens is 446 g/mol. The van der Waals surface area contributed by atoms with E-state index in [2.05, 4.69) is 32.8 Å². The van der Waals surface area contributed by atoms with E-state index in [9.17, 15) is 9.59 Å². The van der Waals surface area contributed by atoms with E-state index in [1.807, 2.05) is 11.0 Å². The first-order chi connectivity index (χ1) is 13.5. The van der Waals surface area contributed by atoms with Crippen molar-refractivity contribution in [3.8, 4) is 0 Å². The van der Waals surface area contributed by atoms with Crippen LogP contribution in [-0.4, -0.2) is 21.4 Å². The summed E-state index contributed by atoms with van der Waals surface area (Å²) >= 11 is 9.95. The molecule has 0 saturated heterocycles. The summed E-state index contributed by atoms with van der Waals surface area (Å²) in [5.41, 5.74) is 1.83. The highest BCUT2D eigenvalue weighted by Crippen LogP contribution is 2.29. The van der Waals surface area contributed by atoms with Crippen LogP contribution in [0.15, 0.2) is 36.7 Å². The normalized spacial score (nSPS) is 14.4. The molecule has 0 saturated carbocycles. The number of H-pyrrole nitrogens is 1. The van der Waals surface area contributed by atoms with E-state index >= 15 is 0 Å². The van der Waals surface area contributed by atoms with Crippen LogP contribution in [0, 0.1) is 0 Å². The van der Waals surface area contributed by atoms with Crippen molar-refractivity contribution < 1.29 is 4.42 Å². The van der Waals surface area contributed by atoms with Crippen LogP contribution in [0.4, 0.5) is 0 Å². The fraction of sp³-hybridized carbons (Fsp3) is 0.350. The smallest absolute Gasteiger partial charge is 0.342 e. The van der Waals surface area contributed by atoms with Crippen LogP contribution in [0.5, 0.6) is 0 Å². The average molecular weight is 465 g/mol. The van der Waals surface area contributed by atoms with Crippen LogP contribution in [0.3, 0.4) is 0 Å². The molecule has 1 N–H and O–H groups in total. The highest BCUT2D eigenvalue weighted by molar-refractivity contribution is 9.10. The standard InChI is InChI=1S/C20H19BrClN3O3/c1-2-3-17-23-15-6-7-25(9-13(15)19(26)24-17)10-14-18(22)12-8-11(21)4-5-16(12)28-20(14)27/h4-5,8H,2-3,6-7,9-10H2,1H3,(H,23,24,26). The Kier molecular flexibility index (Phi) is 5.40. The Morgan fingerprint density at radius 2 is 2.18 bits per heavy atom. The molecule has 1 aliphatic heterocycles. The highest BCUT2D eigenvalue weighted by Gasteiger charge is 2.24. The summed E-state index contributed by atoms with van der Waals surface area (Å²) in [5, 5.41) is 1.08. The Morgan fingerprint density at radius 1 is 1.36 bits per heavy atom. The molecule has 2 aromatic heterocycles. The van der Waals surface area contributed by atoms with Crippen LogP contribution >= 0.6 is 27.5 Å². The van der Waals surface area contributed by atoms with Crippen LogP contribution in [0.2, 0.25) is 5.02 Å². The summed E-state index contributed by atoms with van der Waals surface area (Å²) < 4.78 is 6.29. The fourth-order valence-electron chi connectivity index (χ4n) is 3.56. The van der Waals surface area contributed by atoms with Crippen molar-refractivity contribution >= 4 is 38.5 Å². The molecule has 0 radical (unpaired) electrons. The topological polar surface area (TPSA) is 79.2 Å². The second-order valence-corrected chi connectivity index (χ2v) is 8.26. The maximum absolute atomic E-state index is 12.5. The van der Waals surface area contributed by atoms with Gasteiger partial charge in [0.25, 0.3) is 5.56 Å². The summed E-state index contributed by atoms with van der Waals surface area (Å²) in [6.45, 7) is 3.50. The van der Waals surface area contributed by atoms with Crippen molar-refractivity contribution in [1.82, 2.24) is 14.9 Å². The molecule has 0 bridgehead atoms. The molecule has 28 heavy (non-hydrogen) atoms. The minimum atomic E-state index is -0.448. The summed E-state index contributed by atoms with van der Waals surface area (Å²) in [6.07, 6.45) is 2.35. The molecule has 0 unspecified atom stereocenters. The summed E-state index contributed by atoms with van der Waals surface area (Å²) in [4.78, 5) is 34.4. The highest BCUT2D eigenvalue weighted by atomic mass is 79.9. The first-order valence-corrected chi connectivity index (χ1v) is 10.4. The molecule has 1 aliphatic rings. The second-order valence-electron chi connectivity index (χ2n) is 6.97. The average Bonchev–Trinajstić information content (AvgIpc) is 2.66. The Hall–Kier alpha value is -1.96. The van der Waals surface area contributed by atoms with Gasteiger partial charge in [0, 0.05) is 42.3 Å². The predicted octanol–water partition coefficient (Wildman–Crippen LogP) is 3.80. The molecule has 0 aliphatic carbocycles. The number of rotatable bonds is 4. The molecule has 4 rings (SSSR count). The SMILES string of the molecule is CCCc1nc2c(c(=O)[nH]1)CN(Cc1c(Cl)c3cc(Br)ccc3oc1=O)CC2. The molecule has 0 spiro atoms. The summed E-state index contributed by atoms with van der Waals surface area (Å²) in [6, 6.07) is 5.35. The van der Waals surface area contributed by atoms with Crippen molar-refractivity contribution in [2.45, 2.75) is 39.3 Å². The van der Waals surface area contributed by atoms with E-state index in [-0.39, 0.29) is 5.56 Å². The van der Waals surface area contributed by atoms with Gasteiger partial charge in [-0.1, -0.05) is 34.5 Å². The third-order valence-electron chi connectivity index (χ3n) is 4.96. The number of hydrogen-bond acceptors (Lipinski definition) is 5. The molecule has 0 fully saturated rings. The van der Waals surface area contributed by atoms with Crippen LogP contribution in [0.25, 0.3) is 11.0 Å². The van der Waals surface area contributed by atoms with Gasteiger partial charge in [0.05, 0.1) is 21.8 Å². The number of aromatic nitrogens is 2. The minimum absolute atomic E-state index is 0.0984. The number of benzene rings is 1. The number of nitrogens with zero attached hydrogens (tertiary/aromatic N) is 2. The largest absolute Gasteiger partial charge is 0.422 e. The maximum Gasteiger partial charge on any atom is 0.342 e. The van der Waals surface area contributed by atoms with Gasteiger partial charge >= 0.3 is 5.63 Å². The van der Waals surface area contributed by atoms with Crippen LogP contribution in [0.1, 0.15) is 36.0 Å². The van der Waals surface area contributed by atoms with Gasteiger partial charge in [0.15, 0.2) is 0 Å². The van der Waals surface area contributed by atoms with Gasteiger partial charge in [-0.05, 0) is 24.6 Å². The molecule has 1 aromatic carbocycles. The number of nitrogens with one attached hydrogen (secondary N) is 1. The molecule has 0 atom stereocenters. The van der Waals surface area contributed by atoms with E-state index in [1.165, 1.54) is 0 Å². The van der Waals surface area contributed by atoms with Gasteiger partial charge in [0.1, 0.15) is 11.4 Å². The summed E-state index contributed by atoms with van der Waals surface area (Å²) in [7, 11) is 0. The Labute approximate surface area is 174 Å². The monoisotopic (exact) mass is 463 g/mol. The van der Waals surface area contributed by atoms with E-state index in [0.717, 1.165) is 28.8 Å². The Bertz CT molecular complexity index is 1170. The fourth-order valence-corrected chi connectivity index (χ4v) is 4.20. The number of aromatic amines is 1. The lowest BCUT2D eigenvalue weighted by Gasteiger charge is -2.27. The Morgan fingerprint density at radius 3 is 2.96 bits per heavy atom. The van der Waals surface area contributed by atoms with Crippen LogP contribution < -0.4 is 11.2 Å². The lowest BCUT2D eigenvalue weighted by Crippen LogP contribution is -2.36. The number of fused-ring (bicyclic) bond motifs is 2. The lowest BCUT2D eigenvalue weighted by atomic mass is 10.1. The molecular formula is C20H19BrClN3O3. The predicted molar refractivity (Wildman–Crippen MR) is 112 cm³/mol. The van der Waals surface area contributed by atoms with Crippen molar-refractivity contribution in [2.24, 2.45) is 0 Å². The zero-order valence-electron chi connectivity index (χ0n) is 15.3. The maximum atomic E-state index is 12.5. The first-order valence-electron chi connectivity index (χ1n) is 9.20. The molecule has 8 heteroatoms. The van der Waals surface area contributed by atoms with Gasteiger partial charge in [-0.2, -0.15) is 0 Å². The van der Waals surface area contributed by atoms with Crippen molar-refractivity contribution in [3.63, 3.8) is 0 Å².